The molecule has 1 amide bonds. The lowest BCUT2D eigenvalue weighted by Crippen LogP contribution is -2.29. The SMILES string of the molecule is COCCN(C)C(=O)c1sc(NCC(C)C)nc1N. The Bertz CT molecular complexity index is 420. The van der Waals surface area contributed by atoms with Crippen LogP contribution in [0.15, 0.2) is 0 Å². The van der Waals surface area contributed by atoms with Gasteiger partial charge in [0.1, 0.15) is 10.7 Å². The number of hydrogen-bond acceptors (Lipinski definition) is 6. The molecule has 0 radical (unpaired) electrons. The Morgan fingerprint density at radius 3 is 2.84 bits per heavy atom. The molecule has 0 saturated heterocycles. The Morgan fingerprint density at radius 1 is 1.58 bits per heavy atom. The number of ether oxygens (including phenoxy) is 1. The first-order chi connectivity index (χ1) is 8.95. The number of likely N-dealkylation sites (N-methyl/N-ethyl adjacent to an activating group) is 1. The summed E-state index contributed by atoms with van der Waals surface area (Å²) in [7, 11) is 3.33. The largest absolute Gasteiger partial charge is 0.383 e. The van der Waals surface area contributed by atoms with Gasteiger partial charge in [0.15, 0.2) is 5.13 Å². The predicted octanol–water partition coefficient (Wildman–Crippen LogP) is 1.51. The van der Waals surface area contributed by atoms with E-state index in [2.05, 4.69) is 24.1 Å². The molecule has 1 aromatic rings. The molecular weight excluding hydrogens is 264 g/mol. The maximum atomic E-state index is 12.2. The maximum absolute atomic E-state index is 12.2. The molecule has 1 heterocycles. The average Bonchev–Trinajstić information content (AvgIpc) is 2.73. The summed E-state index contributed by atoms with van der Waals surface area (Å²) in [5.74, 6) is 0.670. The van der Waals surface area contributed by atoms with Crippen LogP contribution in [0.2, 0.25) is 0 Å². The van der Waals surface area contributed by atoms with Gasteiger partial charge < -0.3 is 20.7 Å². The monoisotopic (exact) mass is 286 g/mol. The van der Waals surface area contributed by atoms with Gasteiger partial charge in [-0.25, -0.2) is 4.98 Å². The Kier molecular flexibility index (Phi) is 6.04. The number of nitrogen functional groups attached to an aromatic ring is 1. The number of thiazole rings is 1. The van der Waals surface area contributed by atoms with Crippen LogP contribution in [0.1, 0.15) is 23.5 Å². The van der Waals surface area contributed by atoms with Crippen LogP contribution in [0.4, 0.5) is 10.9 Å². The first-order valence-electron chi connectivity index (χ1n) is 6.20. The van der Waals surface area contributed by atoms with E-state index in [9.17, 15) is 4.79 Å². The van der Waals surface area contributed by atoms with Crippen molar-refractivity contribution >= 4 is 28.2 Å². The second-order valence-corrected chi connectivity index (χ2v) is 5.73. The number of nitrogens with one attached hydrogen (secondary N) is 1. The molecule has 7 heteroatoms. The third kappa shape index (κ3) is 4.68. The van der Waals surface area contributed by atoms with E-state index in [1.807, 2.05) is 0 Å². The number of amides is 1. The predicted molar refractivity (Wildman–Crippen MR) is 78.7 cm³/mol. The topological polar surface area (TPSA) is 80.5 Å². The third-order valence-electron chi connectivity index (χ3n) is 2.49. The zero-order chi connectivity index (χ0) is 14.4. The van der Waals surface area contributed by atoms with E-state index in [0.29, 0.717) is 29.1 Å². The Labute approximate surface area is 118 Å². The van der Waals surface area contributed by atoms with Gasteiger partial charge in [-0.05, 0) is 5.92 Å². The maximum Gasteiger partial charge on any atom is 0.267 e. The van der Waals surface area contributed by atoms with E-state index in [1.54, 1.807) is 19.1 Å². The summed E-state index contributed by atoms with van der Waals surface area (Å²) in [6, 6.07) is 0. The molecule has 3 N–H and O–H groups in total. The number of nitrogens with zero attached hydrogens (tertiary/aromatic N) is 2. The minimum absolute atomic E-state index is 0.121. The summed E-state index contributed by atoms with van der Waals surface area (Å²) >= 11 is 1.29. The number of methoxy groups -OCH3 is 1. The number of carbonyl (C=O) groups excluding carboxylic acids is 1. The van der Waals surface area contributed by atoms with Gasteiger partial charge in [0.05, 0.1) is 6.61 Å². The molecule has 0 atom stereocenters. The van der Waals surface area contributed by atoms with Crippen LogP contribution in [0, 0.1) is 5.92 Å². The highest BCUT2D eigenvalue weighted by Crippen LogP contribution is 2.26. The summed E-state index contributed by atoms with van der Waals surface area (Å²) in [5.41, 5.74) is 5.80. The van der Waals surface area contributed by atoms with E-state index in [1.165, 1.54) is 11.3 Å². The molecule has 108 valence electrons. The molecule has 0 fully saturated rings. The number of anilines is 2. The van der Waals surface area contributed by atoms with Gasteiger partial charge in [0.2, 0.25) is 0 Å². The molecule has 1 rings (SSSR count). The van der Waals surface area contributed by atoms with Crippen LogP contribution < -0.4 is 11.1 Å². The molecule has 0 aliphatic rings. The van der Waals surface area contributed by atoms with Crippen LogP contribution in [-0.2, 0) is 4.74 Å². The van der Waals surface area contributed by atoms with Crippen molar-refractivity contribution in [1.82, 2.24) is 9.88 Å². The minimum atomic E-state index is -0.121. The first-order valence-corrected chi connectivity index (χ1v) is 7.02. The summed E-state index contributed by atoms with van der Waals surface area (Å²) in [5, 5.41) is 3.86. The Hall–Kier alpha value is -1.34. The van der Waals surface area contributed by atoms with Gasteiger partial charge in [-0.3, -0.25) is 4.79 Å². The molecule has 0 unspecified atom stereocenters. The van der Waals surface area contributed by atoms with Gasteiger partial charge in [-0.1, -0.05) is 25.2 Å². The van der Waals surface area contributed by atoms with Crippen molar-refractivity contribution in [2.24, 2.45) is 5.92 Å². The molecule has 1 aromatic heterocycles. The molecule has 0 spiro atoms. The average molecular weight is 286 g/mol. The zero-order valence-electron chi connectivity index (χ0n) is 11.9. The fraction of sp³-hybridized carbons (Fsp3) is 0.667. The van der Waals surface area contributed by atoms with Crippen LogP contribution in [0.25, 0.3) is 0 Å². The van der Waals surface area contributed by atoms with Gasteiger partial charge in [0, 0.05) is 27.2 Å². The van der Waals surface area contributed by atoms with Gasteiger partial charge in [0.25, 0.3) is 5.91 Å². The summed E-state index contributed by atoms with van der Waals surface area (Å²) in [6.45, 7) is 6.05. The number of hydrogen-bond donors (Lipinski definition) is 2. The summed E-state index contributed by atoms with van der Waals surface area (Å²) < 4.78 is 4.95. The van der Waals surface area contributed by atoms with Crippen LogP contribution in [0.5, 0.6) is 0 Å². The summed E-state index contributed by atoms with van der Waals surface area (Å²) in [4.78, 5) is 18.4. The molecule has 19 heavy (non-hydrogen) atoms. The molecule has 0 saturated carbocycles. The van der Waals surface area contributed by atoms with Gasteiger partial charge in [-0.2, -0.15) is 0 Å². The number of carbonyl (C=O) groups is 1. The highest BCUT2D eigenvalue weighted by atomic mass is 32.1. The van der Waals surface area contributed by atoms with Crippen molar-refractivity contribution in [2.75, 3.05) is 44.9 Å². The number of nitrogens with two attached hydrogens (primary N) is 1. The lowest BCUT2D eigenvalue weighted by Gasteiger charge is -2.15. The highest BCUT2D eigenvalue weighted by Gasteiger charge is 2.19. The van der Waals surface area contributed by atoms with E-state index in [0.717, 1.165) is 6.54 Å². The quantitative estimate of drug-likeness (QED) is 0.794. The summed E-state index contributed by atoms with van der Waals surface area (Å²) in [6.07, 6.45) is 0. The lowest BCUT2D eigenvalue weighted by molar-refractivity contribution is 0.0749. The van der Waals surface area contributed by atoms with E-state index >= 15 is 0 Å². The second kappa shape index (κ2) is 7.30. The normalized spacial score (nSPS) is 10.8. The first kappa shape index (κ1) is 15.7. The van der Waals surface area contributed by atoms with Crippen molar-refractivity contribution in [2.45, 2.75) is 13.8 Å². The lowest BCUT2D eigenvalue weighted by atomic mass is 10.2. The molecule has 6 nitrogen and oxygen atoms in total. The number of aromatic nitrogens is 1. The van der Waals surface area contributed by atoms with Crippen molar-refractivity contribution in [3.8, 4) is 0 Å². The minimum Gasteiger partial charge on any atom is -0.383 e. The molecular formula is C12H22N4O2S. The Balaban J connectivity index is 2.69. The molecule has 0 aromatic carbocycles. The van der Waals surface area contributed by atoms with Crippen LogP contribution in [-0.4, -0.2) is 49.6 Å². The number of rotatable bonds is 7. The zero-order valence-corrected chi connectivity index (χ0v) is 12.7. The van der Waals surface area contributed by atoms with Crippen molar-refractivity contribution in [3.05, 3.63) is 4.88 Å². The highest BCUT2D eigenvalue weighted by molar-refractivity contribution is 7.18. The van der Waals surface area contributed by atoms with Crippen molar-refractivity contribution in [3.63, 3.8) is 0 Å². The molecule has 0 aliphatic carbocycles. The Morgan fingerprint density at radius 2 is 2.26 bits per heavy atom. The van der Waals surface area contributed by atoms with E-state index in [-0.39, 0.29) is 11.7 Å². The van der Waals surface area contributed by atoms with E-state index in [4.69, 9.17) is 10.5 Å². The third-order valence-corrected chi connectivity index (χ3v) is 3.50. The van der Waals surface area contributed by atoms with Crippen LogP contribution >= 0.6 is 11.3 Å². The van der Waals surface area contributed by atoms with E-state index < -0.39 is 0 Å². The second-order valence-electron chi connectivity index (χ2n) is 4.73. The molecule has 0 aliphatic heterocycles. The van der Waals surface area contributed by atoms with Gasteiger partial charge >= 0.3 is 0 Å². The fourth-order valence-electron chi connectivity index (χ4n) is 1.36. The smallest absolute Gasteiger partial charge is 0.267 e. The fourth-order valence-corrected chi connectivity index (χ4v) is 2.24. The van der Waals surface area contributed by atoms with Crippen molar-refractivity contribution in [1.29, 1.82) is 0 Å². The standard InChI is InChI=1S/C12H22N4O2S/c1-8(2)7-14-12-15-10(13)9(19-12)11(17)16(3)5-6-18-4/h8H,5-7,13H2,1-4H3,(H,14,15). The van der Waals surface area contributed by atoms with Crippen LogP contribution in [0.3, 0.4) is 0 Å². The molecule has 0 bridgehead atoms. The van der Waals surface area contributed by atoms with Crippen molar-refractivity contribution < 1.29 is 9.53 Å². The van der Waals surface area contributed by atoms with Gasteiger partial charge in [-0.15, -0.1) is 0 Å².